The Balaban J connectivity index is 2.34. The van der Waals surface area contributed by atoms with Crippen LogP contribution in [0.15, 0.2) is 47.1 Å². The molecule has 1 aliphatic carbocycles. The monoisotopic (exact) mass is 389 g/mol. The van der Waals surface area contributed by atoms with E-state index in [1.807, 2.05) is 12.2 Å². The van der Waals surface area contributed by atoms with E-state index in [0.29, 0.717) is 16.7 Å². The Kier molecular flexibility index (Phi) is 6.69. The van der Waals surface area contributed by atoms with Gasteiger partial charge in [-0.2, -0.15) is 0 Å². The molecule has 0 N–H and O–H groups in total. The lowest BCUT2D eigenvalue weighted by Crippen LogP contribution is -2.21. The zero-order valence-corrected chi connectivity index (χ0v) is 17.9. The highest BCUT2D eigenvalue weighted by Gasteiger charge is 2.26. The van der Waals surface area contributed by atoms with Gasteiger partial charge in [-0.05, 0) is 67.9 Å². The van der Waals surface area contributed by atoms with Gasteiger partial charge >= 0.3 is 0 Å². The van der Waals surface area contributed by atoms with Crippen molar-refractivity contribution in [2.75, 3.05) is 14.1 Å². The Morgan fingerprint density at radius 2 is 1.96 bits per heavy atom. The molecule has 0 aromatic heterocycles. The fourth-order valence-electron chi connectivity index (χ4n) is 3.59. The zero-order chi connectivity index (χ0) is 20.4. The van der Waals surface area contributed by atoms with Crippen molar-refractivity contribution in [2.45, 2.75) is 47.0 Å². The van der Waals surface area contributed by atoms with Gasteiger partial charge in [0.15, 0.2) is 0 Å². The van der Waals surface area contributed by atoms with Crippen molar-refractivity contribution in [1.29, 1.82) is 0 Å². The standard InChI is InChI=1S/C23H29ClFNO/c1-15-8-7-13-23(3,4)19(15)12-9-16(2)21(25)18-11-10-17(14-20(18)24)22(27)26(5)6/h9-12,14H,7-8,13H2,1-6H3/b12-9+,21-16-. The number of hydrogen-bond donors (Lipinski definition) is 0. The number of amides is 1. The van der Waals surface area contributed by atoms with Gasteiger partial charge in [0, 0.05) is 25.2 Å². The fourth-order valence-corrected chi connectivity index (χ4v) is 3.85. The Hall–Kier alpha value is -1.87. The summed E-state index contributed by atoms with van der Waals surface area (Å²) in [6.45, 7) is 8.38. The molecule has 1 amide bonds. The van der Waals surface area contributed by atoms with E-state index in [9.17, 15) is 9.18 Å². The summed E-state index contributed by atoms with van der Waals surface area (Å²) >= 11 is 6.26. The summed E-state index contributed by atoms with van der Waals surface area (Å²) in [5, 5.41) is 0.237. The summed E-state index contributed by atoms with van der Waals surface area (Å²) in [5.74, 6) is -0.529. The second kappa shape index (κ2) is 8.43. The molecule has 1 aromatic rings. The predicted molar refractivity (Wildman–Crippen MR) is 113 cm³/mol. The molecule has 0 saturated heterocycles. The van der Waals surface area contributed by atoms with Crippen LogP contribution in [0.5, 0.6) is 0 Å². The molecule has 0 fully saturated rings. The van der Waals surface area contributed by atoms with Gasteiger partial charge in [0.25, 0.3) is 5.91 Å². The number of benzene rings is 1. The van der Waals surface area contributed by atoms with E-state index in [1.54, 1.807) is 33.2 Å². The first-order valence-electron chi connectivity index (χ1n) is 9.31. The molecule has 1 aliphatic rings. The molecule has 27 heavy (non-hydrogen) atoms. The van der Waals surface area contributed by atoms with Crippen LogP contribution in [0.25, 0.3) is 5.83 Å². The van der Waals surface area contributed by atoms with Crippen LogP contribution >= 0.6 is 11.6 Å². The summed E-state index contributed by atoms with van der Waals surface area (Å²) in [6.07, 6.45) is 7.31. The molecule has 4 heteroatoms. The van der Waals surface area contributed by atoms with Crippen molar-refractivity contribution < 1.29 is 9.18 Å². The van der Waals surface area contributed by atoms with E-state index in [0.717, 1.165) is 12.8 Å². The first-order valence-corrected chi connectivity index (χ1v) is 9.68. The molecule has 0 heterocycles. The van der Waals surface area contributed by atoms with Gasteiger partial charge in [0.05, 0.1) is 5.02 Å². The first kappa shape index (κ1) is 21.4. The summed E-state index contributed by atoms with van der Waals surface area (Å²) in [6, 6.07) is 4.70. The number of halogens is 2. The number of nitrogens with zero attached hydrogens (tertiary/aromatic N) is 1. The summed E-state index contributed by atoms with van der Waals surface area (Å²) in [7, 11) is 3.34. The summed E-state index contributed by atoms with van der Waals surface area (Å²) < 4.78 is 15.0. The molecule has 0 radical (unpaired) electrons. The SMILES string of the molecule is CC1=C(/C=C/C(C)=C(\F)c2ccc(C(=O)N(C)C)cc2Cl)C(C)(C)CCC1. The second-order valence-corrected chi connectivity index (χ2v) is 8.56. The number of allylic oxidation sites excluding steroid dienone is 5. The molecule has 0 spiro atoms. The van der Waals surface area contributed by atoms with E-state index < -0.39 is 0 Å². The van der Waals surface area contributed by atoms with Crippen molar-refractivity contribution >= 4 is 23.3 Å². The Morgan fingerprint density at radius 3 is 2.52 bits per heavy atom. The molecule has 0 saturated carbocycles. The minimum absolute atomic E-state index is 0.113. The number of carbonyl (C=O) groups excluding carboxylic acids is 1. The third kappa shape index (κ3) is 4.90. The van der Waals surface area contributed by atoms with E-state index in [1.165, 1.54) is 28.5 Å². The highest BCUT2D eigenvalue weighted by Crippen LogP contribution is 2.41. The maximum absolute atomic E-state index is 15.0. The average molecular weight is 390 g/mol. The fraction of sp³-hybridized carbons (Fsp3) is 0.435. The van der Waals surface area contributed by atoms with Crippen LogP contribution in [-0.2, 0) is 0 Å². The molecule has 146 valence electrons. The van der Waals surface area contributed by atoms with E-state index in [4.69, 9.17) is 11.6 Å². The Bertz CT molecular complexity index is 831. The third-order valence-electron chi connectivity index (χ3n) is 5.25. The highest BCUT2D eigenvalue weighted by atomic mass is 35.5. The van der Waals surface area contributed by atoms with Crippen molar-refractivity contribution in [1.82, 2.24) is 4.90 Å². The Labute approximate surface area is 167 Å². The maximum atomic E-state index is 15.0. The lowest BCUT2D eigenvalue weighted by atomic mass is 9.72. The van der Waals surface area contributed by atoms with Crippen LogP contribution in [0, 0.1) is 5.41 Å². The lowest BCUT2D eigenvalue weighted by Gasteiger charge is -2.33. The van der Waals surface area contributed by atoms with Gasteiger partial charge < -0.3 is 4.90 Å². The van der Waals surface area contributed by atoms with Crippen LogP contribution in [0.4, 0.5) is 4.39 Å². The van der Waals surface area contributed by atoms with Gasteiger partial charge in [-0.15, -0.1) is 0 Å². The summed E-state index contributed by atoms with van der Waals surface area (Å²) in [5.41, 5.74) is 4.05. The molecular formula is C23H29ClFNO. The quantitative estimate of drug-likeness (QED) is 0.517. The van der Waals surface area contributed by atoms with Crippen LogP contribution in [0.1, 0.15) is 62.9 Å². The molecular weight excluding hydrogens is 361 g/mol. The van der Waals surface area contributed by atoms with E-state index in [-0.39, 0.29) is 22.2 Å². The topological polar surface area (TPSA) is 20.3 Å². The molecule has 0 bridgehead atoms. The van der Waals surface area contributed by atoms with E-state index >= 15 is 0 Å². The number of carbonyl (C=O) groups is 1. The molecule has 2 nitrogen and oxygen atoms in total. The molecule has 2 rings (SSSR count). The first-order chi connectivity index (χ1) is 12.5. The van der Waals surface area contributed by atoms with Gasteiger partial charge in [-0.25, -0.2) is 4.39 Å². The van der Waals surface area contributed by atoms with Crippen LogP contribution < -0.4 is 0 Å². The molecule has 1 aromatic carbocycles. The van der Waals surface area contributed by atoms with Crippen LogP contribution in [0.3, 0.4) is 0 Å². The number of rotatable bonds is 4. The normalized spacial score (nSPS) is 17.9. The predicted octanol–water partition coefficient (Wildman–Crippen LogP) is 6.83. The smallest absolute Gasteiger partial charge is 0.253 e. The van der Waals surface area contributed by atoms with Gasteiger partial charge in [-0.3, -0.25) is 4.79 Å². The second-order valence-electron chi connectivity index (χ2n) is 8.16. The van der Waals surface area contributed by atoms with Crippen molar-refractivity contribution in [3.05, 3.63) is 63.2 Å². The molecule has 0 unspecified atom stereocenters. The largest absolute Gasteiger partial charge is 0.345 e. The van der Waals surface area contributed by atoms with Crippen LogP contribution in [-0.4, -0.2) is 24.9 Å². The van der Waals surface area contributed by atoms with Gasteiger partial charge in [0.1, 0.15) is 5.83 Å². The molecule has 0 aliphatic heterocycles. The number of hydrogen-bond acceptors (Lipinski definition) is 1. The highest BCUT2D eigenvalue weighted by molar-refractivity contribution is 6.32. The van der Waals surface area contributed by atoms with Crippen molar-refractivity contribution in [3.63, 3.8) is 0 Å². The third-order valence-corrected chi connectivity index (χ3v) is 5.56. The average Bonchev–Trinajstić information content (AvgIpc) is 2.59. The van der Waals surface area contributed by atoms with Gasteiger partial charge in [0.2, 0.25) is 0 Å². The summed E-state index contributed by atoms with van der Waals surface area (Å²) in [4.78, 5) is 13.5. The lowest BCUT2D eigenvalue weighted by molar-refractivity contribution is 0.0827. The van der Waals surface area contributed by atoms with E-state index in [2.05, 4.69) is 20.8 Å². The molecule has 0 atom stereocenters. The van der Waals surface area contributed by atoms with Crippen molar-refractivity contribution in [2.24, 2.45) is 5.41 Å². The Morgan fingerprint density at radius 1 is 1.30 bits per heavy atom. The maximum Gasteiger partial charge on any atom is 0.253 e. The minimum Gasteiger partial charge on any atom is -0.345 e. The van der Waals surface area contributed by atoms with Crippen LogP contribution in [0.2, 0.25) is 5.02 Å². The van der Waals surface area contributed by atoms with Crippen molar-refractivity contribution in [3.8, 4) is 0 Å². The minimum atomic E-state index is -0.369. The van der Waals surface area contributed by atoms with Gasteiger partial charge in [-0.1, -0.05) is 43.2 Å². The zero-order valence-electron chi connectivity index (χ0n) is 17.1.